The first-order valence-electron chi connectivity index (χ1n) is 11.7. The topological polar surface area (TPSA) is 65.7 Å². The van der Waals surface area contributed by atoms with Gasteiger partial charge in [-0.3, -0.25) is 9.29 Å². The van der Waals surface area contributed by atoms with Gasteiger partial charge in [0.05, 0.1) is 18.3 Å². The van der Waals surface area contributed by atoms with Gasteiger partial charge >= 0.3 is 0 Å². The number of nitrogens with zero attached hydrogens (tertiary/aromatic N) is 2. The summed E-state index contributed by atoms with van der Waals surface area (Å²) in [4.78, 5) is 2.22. The zero-order chi connectivity index (χ0) is 24.6. The van der Waals surface area contributed by atoms with Crippen molar-refractivity contribution in [3.05, 3.63) is 89.5 Å². The Balaban J connectivity index is 0.000000172. The smallest absolute Gasteiger partial charge is 0.127 e. The van der Waals surface area contributed by atoms with Crippen molar-refractivity contribution in [1.29, 1.82) is 5.26 Å². The zero-order valence-electron chi connectivity index (χ0n) is 19.8. The summed E-state index contributed by atoms with van der Waals surface area (Å²) in [5, 5.41) is 18.6. The first kappa shape index (κ1) is 24.3. The molecule has 0 atom stereocenters. The molecular weight excluding hydrogens is 443 g/mol. The van der Waals surface area contributed by atoms with Gasteiger partial charge in [0.1, 0.15) is 30.5 Å². The van der Waals surface area contributed by atoms with Crippen LogP contribution in [0.4, 0.5) is 4.39 Å². The summed E-state index contributed by atoms with van der Waals surface area (Å²) >= 11 is 0. The van der Waals surface area contributed by atoms with Gasteiger partial charge in [-0.2, -0.15) is 5.26 Å². The summed E-state index contributed by atoms with van der Waals surface area (Å²) in [6.07, 6.45) is 0. The van der Waals surface area contributed by atoms with E-state index in [9.17, 15) is 9.50 Å². The number of ether oxygens (including phenoxy) is 2. The van der Waals surface area contributed by atoms with E-state index in [4.69, 9.17) is 14.7 Å². The second-order valence-corrected chi connectivity index (χ2v) is 8.71. The number of para-hydroxylation sites is 1. The standard InChI is InChI=1S/C17H13NO2.C12H16FNO/c1-11-15-8-14(19)5-6-17(15)20-10-16(11)13-4-2-3-12(7-13)9-18;13-8-11-9-14(10-11)6-7-15-12-4-2-1-3-5-12/h2-8,19H,10H2,1H3;1-5,11H,6-10H2. The molecule has 5 nitrogen and oxygen atoms in total. The summed E-state index contributed by atoms with van der Waals surface area (Å²) in [5.74, 6) is 2.17. The van der Waals surface area contributed by atoms with E-state index in [-0.39, 0.29) is 18.3 Å². The minimum atomic E-state index is -0.184. The Kier molecular flexibility index (Phi) is 8.02. The van der Waals surface area contributed by atoms with Crippen molar-refractivity contribution in [2.24, 2.45) is 5.92 Å². The minimum Gasteiger partial charge on any atom is -0.508 e. The van der Waals surface area contributed by atoms with Gasteiger partial charge in [-0.25, -0.2) is 0 Å². The Bertz CT molecular complexity index is 1210. The highest BCUT2D eigenvalue weighted by Crippen LogP contribution is 2.38. The van der Waals surface area contributed by atoms with E-state index >= 15 is 0 Å². The highest BCUT2D eigenvalue weighted by atomic mass is 19.1. The van der Waals surface area contributed by atoms with Gasteiger partial charge in [-0.1, -0.05) is 30.3 Å². The SMILES string of the molecule is CC1=C(c2cccc(C#N)c2)COc2ccc(O)cc21.FCC1CN(CCOc2ccccc2)C1. The Hall–Kier alpha value is -3.82. The van der Waals surface area contributed by atoms with Gasteiger partial charge in [0.2, 0.25) is 0 Å². The zero-order valence-corrected chi connectivity index (χ0v) is 19.8. The van der Waals surface area contributed by atoms with Crippen molar-refractivity contribution in [1.82, 2.24) is 4.90 Å². The Labute approximate surface area is 205 Å². The number of halogens is 1. The average Bonchev–Trinajstić information content (AvgIpc) is 2.87. The van der Waals surface area contributed by atoms with Gasteiger partial charge in [-0.05, 0) is 60.5 Å². The van der Waals surface area contributed by atoms with E-state index in [1.807, 2.05) is 55.5 Å². The lowest BCUT2D eigenvalue weighted by Crippen LogP contribution is -2.49. The Morgan fingerprint density at radius 1 is 1.09 bits per heavy atom. The number of nitriles is 1. The molecule has 0 unspecified atom stereocenters. The molecule has 3 aromatic carbocycles. The van der Waals surface area contributed by atoms with Gasteiger partial charge in [0.25, 0.3) is 0 Å². The molecule has 0 radical (unpaired) electrons. The van der Waals surface area contributed by atoms with Crippen molar-refractivity contribution in [3.8, 4) is 23.3 Å². The van der Waals surface area contributed by atoms with Crippen LogP contribution in [0.15, 0.2) is 72.8 Å². The van der Waals surface area contributed by atoms with Crippen LogP contribution < -0.4 is 9.47 Å². The number of hydrogen-bond acceptors (Lipinski definition) is 5. The number of phenols is 1. The molecule has 2 aliphatic heterocycles. The average molecular weight is 473 g/mol. The fourth-order valence-corrected chi connectivity index (χ4v) is 4.20. The number of alkyl halides is 1. The summed E-state index contributed by atoms with van der Waals surface area (Å²) in [6.45, 7) is 5.64. The molecule has 3 aromatic rings. The maximum Gasteiger partial charge on any atom is 0.127 e. The predicted octanol–water partition coefficient (Wildman–Crippen LogP) is 5.55. The second-order valence-electron chi connectivity index (χ2n) is 8.71. The molecule has 0 amide bonds. The number of rotatable bonds is 6. The van der Waals surface area contributed by atoms with Gasteiger partial charge < -0.3 is 14.6 Å². The van der Waals surface area contributed by atoms with E-state index in [1.165, 1.54) is 0 Å². The third-order valence-electron chi connectivity index (χ3n) is 6.20. The molecule has 1 saturated heterocycles. The van der Waals surface area contributed by atoms with Crippen LogP contribution >= 0.6 is 0 Å². The first-order valence-corrected chi connectivity index (χ1v) is 11.7. The minimum absolute atomic E-state index is 0.184. The fourth-order valence-electron chi connectivity index (χ4n) is 4.20. The molecule has 0 aliphatic carbocycles. The third kappa shape index (κ3) is 6.20. The highest BCUT2D eigenvalue weighted by molar-refractivity contribution is 5.94. The number of fused-ring (bicyclic) bond motifs is 1. The van der Waals surface area contributed by atoms with Crippen LogP contribution in [0.3, 0.4) is 0 Å². The number of aromatic hydroxyl groups is 1. The van der Waals surface area contributed by atoms with Crippen molar-refractivity contribution >= 4 is 11.1 Å². The number of phenolic OH excluding ortho intramolecular Hbond substituents is 1. The molecule has 0 bridgehead atoms. The summed E-state index contributed by atoms with van der Waals surface area (Å²) in [6, 6.07) is 24.5. The van der Waals surface area contributed by atoms with Gasteiger partial charge in [0.15, 0.2) is 0 Å². The molecule has 2 aliphatic rings. The molecule has 180 valence electrons. The molecule has 0 aromatic heterocycles. The Morgan fingerprint density at radius 2 is 1.89 bits per heavy atom. The van der Waals surface area contributed by atoms with E-state index in [0.717, 1.165) is 53.4 Å². The van der Waals surface area contributed by atoms with E-state index in [1.54, 1.807) is 24.3 Å². The van der Waals surface area contributed by atoms with E-state index in [2.05, 4.69) is 11.0 Å². The molecule has 1 fully saturated rings. The van der Waals surface area contributed by atoms with Crippen molar-refractivity contribution in [2.75, 3.05) is 39.5 Å². The monoisotopic (exact) mass is 472 g/mol. The van der Waals surface area contributed by atoms with Crippen LogP contribution in [0.1, 0.15) is 23.6 Å². The lowest BCUT2D eigenvalue weighted by Gasteiger charge is -2.37. The molecule has 35 heavy (non-hydrogen) atoms. The molecule has 5 rings (SSSR count). The van der Waals surface area contributed by atoms with E-state index < -0.39 is 0 Å². The molecule has 0 saturated carbocycles. The molecule has 6 heteroatoms. The normalized spacial score (nSPS) is 15.1. The summed E-state index contributed by atoms with van der Waals surface area (Å²) < 4.78 is 23.4. The lowest BCUT2D eigenvalue weighted by atomic mass is 9.93. The molecule has 1 N–H and O–H groups in total. The van der Waals surface area contributed by atoms with Crippen LogP contribution in [0.5, 0.6) is 17.2 Å². The van der Waals surface area contributed by atoms with Crippen LogP contribution in [0, 0.1) is 17.2 Å². The fraction of sp³-hybridized carbons (Fsp3) is 0.276. The predicted molar refractivity (Wildman–Crippen MR) is 135 cm³/mol. The second kappa shape index (κ2) is 11.5. The highest BCUT2D eigenvalue weighted by Gasteiger charge is 2.25. The maximum absolute atomic E-state index is 12.1. The lowest BCUT2D eigenvalue weighted by molar-refractivity contribution is 0.0668. The van der Waals surface area contributed by atoms with Crippen molar-refractivity contribution in [3.63, 3.8) is 0 Å². The van der Waals surface area contributed by atoms with Crippen LogP contribution in [-0.4, -0.2) is 49.5 Å². The number of hydrogen-bond donors (Lipinski definition) is 1. The van der Waals surface area contributed by atoms with Crippen LogP contribution in [0.2, 0.25) is 0 Å². The third-order valence-corrected chi connectivity index (χ3v) is 6.20. The quantitative estimate of drug-likeness (QED) is 0.509. The molecular formula is C29H29FN2O3. The summed E-state index contributed by atoms with van der Waals surface area (Å²) in [5.41, 5.74) is 4.62. The Morgan fingerprint density at radius 3 is 2.63 bits per heavy atom. The van der Waals surface area contributed by atoms with Crippen LogP contribution in [0.25, 0.3) is 11.1 Å². The summed E-state index contributed by atoms with van der Waals surface area (Å²) in [7, 11) is 0. The molecule has 2 heterocycles. The number of allylic oxidation sites excluding steroid dienone is 1. The van der Waals surface area contributed by atoms with Crippen LogP contribution in [-0.2, 0) is 0 Å². The number of likely N-dealkylation sites (tertiary alicyclic amines) is 1. The first-order chi connectivity index (χ1) is 17.1. The van der Waals surface area contributed by atoms with Gasteiger partial charge in [0, 0.05) is 36.7 Å². The largest absolute Gasteiger partial charge is 0.508 e. The van der Waals surface area contributed by atoms with E-state index in [0.29, 0.717) is 18.8 Å². The van der Waals surface area contributed by atoms with Gasteiger partial charge in [-0.15, -0.1) is 0 Å². The maximum atomic E-state index is 12.1. The van der Waals surface area contributed by atoms with Crippen molar-refractivity contribution < 1.29 is 19.0 Å². The van der Waals surface area contributed by atoms with Crippen molar-refractivity contribution in [2.45, 2.75) is 6.92 Å². The molecule has 0 spiro atoms. The number of benzene rings is 3.